The lowest BCUT2D eigenvalue weighted by molar-refractivity contribution is -0.385. The van der Waals surface area contributed by atoms with Crippen molar-refractivity contribution in [2.24, 2.45) is 0 Å². The third kappa shape index (κ3) is 3.62. The van der Waals surface area contributed by atoms with Crippen LogP contribution in [-0.2, 0) is 6.18 Å². The standard InChI is InChI=1S/C14H10F3N3O3/c1-8-10(13(21)19-12-4-2-3-5-18-12)6-9(14(15,16)17)7-11(8)20(22)23/h2-7H,1H3,(H,18,19,21). The van der Waals surface area contributed by atoms with E-state index in [2.05, 4.69) is 10.3 Å². The summed E-state index contributed by atoms with van der Waals surface area (Å²) < 4.78 is 38.6. The molecule has 1 N–H and O–H groups in total. The number of halogens is 3. The average molecular weight is 325 g/mol. The Kier molecular flexibility index (Phi) is 4.30. The number of nitro benzene ring substituents is 1. The SMILES string of the molecule is Cc1c(C(=O)Nc2ccccn2)cc(C(F)(F)F)cc1[N+](=O)[O-]. The van der Waals surface area contributed by atoms with Crippen LogP contribution in [0.5, 0.6) is 0 Å². The van der Waals surface area contributed by atoms with E-state index in [0.29, 0.717) is 12.1 Å². The molecule has 0 saturated heterocycles. The Morgan fingerprint density at radius 3 is 2.52 bits per heavy atom. The van der Waals surface area contributed by atoms with Crippen LogP contribution in [-0.4, -0.2) is 15.8 Å². The van der Waals surface area contributed by atoms with Crippen LogP contribution in [0.2, 0.25) is 0 Å². The van der Waals surface area contributed by atoms with Crippen molar-refractivity contribution < 1.29 is 22.9 Å². The van der Waals surface area contributed by atoms with Gasteiger partial charge in [-0.25, -0.2) is 4.98 Å². The molecule has 0 aliphatic carbocycles. The van der Waals surface area contributed by atoms with E-state index >= 15 is 0 Å². The number of nitrogens with zero attached hydrogens (tertiary/aromatic N) is 2. The summed E-state index contributed by atoms with van der Waals surface area (Å²) in [5.74, 6) is -0.785. The van der Waals surface area contributed by atoms with Crippen molar-refractivity contribution >= 4 is 17.4 Å². The fourth-order valence-corrected chi connectivity index (χ4v) is 1.91. The lowest BCUT2D eigenvalue weighted by Gasteiger charge is -2.12. The normalized spacial score (nSPS) is 11.1. The zero-order chi connectivity index (χ0) is 17.2. The van der Waals surface area contributed by atoms with Crippen LogP contribution < -0.4 is 5.32 Å². The largest absolute Gasteiger partial charge is 0.416 e. The molecule has 2 rings (SSSR count). The van der Waals surface area contributed by atoms with Gasteiger partial charge < -0.3 is 5.32 Å². The summed E-state index contributed by atoms with van der Waals surface area (Å²) in [6.07, 6.45) is -3.42. The summed E-state index contributed by atoms with van der Waals surface area (Å²) in [6.45, 7) is 1.21. The molecule has 0 aliphatic rings. The van der Waals surface area contributed by atoms with Crippen molar-refractivity contribution in [3.8, 4) is 0 Å². The molecule has 0 saturated carbocycles. The molecule has 2 aromatic rings. The Morgan fingerprint density at radius 2 is 2.00 bits per heavy atom. The number of nitro groups is 1. The number of hydrogen-bond acceptors (Lipinski definition) is 4. The first-order valence-electron chi connectivity index (χ1n) is 6.29. The third-order valence-corrected chi connectivity index (χ3v) is 3.06. The van der Waals surface area contributed by atoms with Crippen molar-refractivity contribution in [1.82, 2.24) is 4.98 Å². The first kappa shape index (κ1) is 16.4. The second-order valence-electron chi connectivity index (χ2n) is 4.59. The number of anilines is 1. The molecule has 23 heavy (non-hydrogen) atoms. The van der Waals surface area contributed by atoms with E-state index in [9.17, 15) is 28.1 Å². The zero-order valence-corrected chi connectivity index (χ0v) is 11.7. The lowest BCUT2D eigenvalue weighted by Crippen LogP contribution is -2.17. The van der Waals surface area contributed by atoms with Gasteiger partial charge in [-0.2, -0.15) is 13.2 Å². The molecule has 0 radical (unpaired) electrons. The van der Waals surface area contributed by atoms with Gasteiger partial charge in [-0.3, -0.25) is 14.9 Å². The highest BCUT2D eigenvalue weighted by atomic mass is 19.4. The quantitative estimate of drug-likeness (QED) is 0.690. The summed E-state index contributed by atoms with van der Waals surface area (Å²) in [7, 11) is 0. The van der Waals surface area contributed by atoms with Gasteiger partial charge in [0.15, 0.2) is 0 Å². The van der Waals surface area contributed by atoms with Crippen molar-refractivity contribution in [2.75, 3.05) is 5.32 Å². The van der Waals surface area contributed by atoms with Crippen LogP contribution in [0.15, 0.2) is 36.5 Å². The third-order valence-electron chi connectivity index (χ3n) is 3.06. The molecule has 0 bridgehead atoms. The molecule has 6 nitrogen and oxygen atoms in total. The molecule has 0 aliphatic heterocycles. The maximum Gasteiger partial charge on any atom is 0.416 e. The van der Waals surface area contributed by atoms with Crippen LogP contribution >= 0.6 is 0 Å². The molecule has 0 atom stereocenters. The van der Waals surface area contributed by atoms with E-state index in [1.165, 1.54) is 19.2 Å². The van der Waals surface area contributed by atoms with E-state index < -0.39 is 33.8 Å². The van der Waals surface area contributed by atoms with Gasteiger partial charge in [-0.05, 0) is 25.1 Å². The molecule has 0 fully saturated rings. The topological polar surface area (TPSA) is 85.1 Å². The number of benzene rings is 1. The van der Waals surface area contributed by atoms with Crippen LogP contribution in [0.3, 0.4) is 0 Å². The number of hydrogen-bond donors (Lipinski definition) is 1. The van der Waals surface area contributed by atoms with E-state index in [1.54, 1.807) is 12.1 Å². The first-order valence-corrected chi connectivity index (χ1v) is 6.29. The second kappa shape index (κ2) is 6.03. The summed E-state index contributed by atoms with van der Waals surface area (Å²) in [5, 5.41) is 13.2. The molecule has 1 aromatic carbocycles. The number of rotatable bonds is 3. The smallest absolute Gasteiger partial charge is 0.307 e. The number of nitrogens with one attached hydrogen (secondary N) is 1. The Labute approximate surface area is 128 Å². The van der Waals surface area contributed by atoms with Gasteiger partial charge in [0.2, 0.25) is 0 Å². The van der Waals surface area contributed by atoms with Gasteiger partial charge >= 0.3 is 6.18 Å². The molecule has 1 aromatic heterocycles. The van der Waals surface area contributed by atoms with Crippen molar-refractivity contribution in [3.05, 3.63) is 63.3 Å². The van der Waals surface area contributed by atoms with E-state index in [-0.39, 0.29) is 11.4 Å². The molecule has 1 heterocycles. The number of carbonyl (C=O) groups excluding carboxylic acids is 1. The highest BCUT2D eigenvalue weighted by Gasteiger charge is 2.34. The molecule has 120 valence electrons. The van der Waals surface area contributed by atoms with Crippen LogP contribution in [0.1, 0.15) is 21.5 Å². The number of amides is 1. The van der Waals surface area contributed by atoms with Crippen LogP contribution in [0, 0.1) is 17.0 Å². The minimum atomic E-state index is -4.81. The minimum Gasteiger partial charge on any atom is -0.307 e. The van der Waals surface area contributed by atoms with Crippen molar-refractivity contribution in [1.29, 1.82) is 0 Å². The van der Waals surface area contributed by atoms with E-state index in [4.69, 9.17) is 0 Å². The van der Waals surface area contributed by atoms with Gasteiger partial charge in [0.25, 0.3) is 11.6 Å². The highest BCUT2D eigenvalue weighted by molar-refractivity contribution is 6.05. The monoisotopic (exact) mass is 325 g/mol. The summed E-state index contributed by atoms with van der Waals surface area (Å²) in [4.78, 5) is 25.9. The minimum absolute atomic E-state index is 0.122. The molecular formula is C14H10F3N3O3. The van der Waals surface area contributed by atoms with Gasteiger partial charge in [-0.15, -0.1) is 0 Å². The number of pyridine rings is 1. The fraction of sp³-hybridized carbons (Fsp3) is 0.143. The number of alkyl halides is 3. The van der Waals surface area contributed by atoms with Gasteiger partial charge in [-0.1, -0.05) is 6.07 Å². The Hall–Kier alpha value is -2.97. The lowest BCUT2D eigenvalue weighted by atomic mass is 10.0. The predicted molar refractivity (Wildman–Crippen MR) is 75.0 cm³/mol. The highest BCUT2D eigenvalue weighted by Crippen LogP contribution is 2.34. The first-order chi connectivity index (χ1) is 10.7. The van der Waals surface area contributed by atoms with Gasteiger partial charge in [0.1, 0.15) is 5.82 Å². The molecule has 0 unspecified atom stereocenters. The zero-order valence-electron chi connectivity index (χ0n) is 11.7. The Morgan fingerprint density at radius 1 is 1.30 bits per heavy atom. The van der Waals surface area contributed by atoms with Gasteiger partial charge in [0.05, 0.1) is 16.1 Å². The average Bonchev–Trinajstić information content (AvgIpc) is 2.46. The molecular weight excluding hydrogens is 315 g/mol. The van der Waals surface area contributed by atoms with E-state index in [0.717, 1.165) is 0 Å². The number of aromatic nitrogens is 1. The Balaban J connectivity index is 2.50. The predicted octanol–water partition coefficient (Wildman–Crippen LogP) is 3.57. The summed E-state index contributed by atoms with van der Waals surface area (Å²) in [6, 6.07) is 5.60. The maximum atomic E-state index is 12.9. The molecule has 9 heteroatoms. The summed E-state index contributed by atoms with van der Waals surface area (Å²) in [5.41, 5.74) is -2.62. The van der Waals surface area contributed by atoms with E-state index in [1.807, 2.05) is 0 Å². The molecule has 1 amide bonds. The van der Waals surface area contributed by atoms with Crippen molar-refractivity contribution in [2.45, 2.75) is 13.1 Å². The molecule has 0 spiro atoms. The van der Waals surface area contributed by atoms with Crippen molar-refractivity contribution in [3.63, 3.8) is 0 Å². The van der Waals surface area contributed by atoms with Crippen LogP contribution in [0.25, 0.3) is 0 Å². The van der Waals surface area contributed by atoms with Crippen LogP contribution in [0.4, 0.5) is 24.7 Å². The Bertz CT molecular complexity index is 761. The van der Waals surface area contributed by atoms with Gasteiger partial charge in [0, 0.05) is 17.8 Å². The summed E-state index contributed by atoms with van der Waals surface area (Å²) >= 11 is 0. The maximum absolute atomic E-state index is 12.9. The number of carbonyl (C=O) groups is 1. The fourth-order valence-electron chi connectivity index (χ4n) is 1.91. The second-order valence-corrected chi connectivity index (χ2v) is 4.59.